The first-order valence-electron chi connectivity index (χ1n) is 25.9. The maximum absolute atomic E-state index is 10.4. The van der Waals surface area contributed by atoms with Gasteiger partial charge in [0.2, 0.25) is 0 Å². The lowest BCUT2D eigenvalue weighted by atomic mass is 9.82. The molecule has 0 atom stereocenters. The van der Waals surface area contributed by atoms with Crippen LogP contribution in [0.5, 0.6) is 0 Å². The van der Waals surface area contributed by atoms with Crippen molar-refractivity contribution in [1.82, 2.24) is 9.97 Å². The van der Waals surface area contributed by atoms with Gasteiger partial charge in [0.15, 0.2) is 5.82 Å². The van der Waals surface area contributed by atoms with Gasteiger partial charge in [-0.1, -0.05) is 212 Å². The van der Waals surface area contributed by atoms with Gasteiger partial charge in [0.05, 0.1) is 23.0 Å². The highest BCUT2D eigenvalue weighted by atomic mass is 15.1. The summed E-state index contributed by atoms with van der Waals surface area (Å²) >= 11 is 0. The molecule has 0 aliphatic carbocycles. The molecule has 76 heavy (non-hydrogen) atoms. The van der Waals surface area contributed by atoms with E-state index < -0.39 is 0 Å². The second-order valence-electron chi connectivity index (χ2n) is 19.9. The Hall–Kier alpha value is -10.2. The first-order chi connectivity index (χ1) is 37.6. The average Bonchev–Trinajstić information content (AvgIpc) is 3.54. The van der Waals surface area contributed by atoms with Crippen molar-refractivity contribution in [2.24, 2.45) is 0 Å². The van der Waals surface area contributed by atoms with Crippen LogP contribution >= 0.6 is 0 Å². The third-order valence-corrected chi connectivity index (χ3v) is 15.7. The third-order valence-electron chi connectivity index (χ3n) is 15.7. The molecule has 0 spiro atoms. The summed E-state index contributed by atoms with van der Waals surface area (Å²) in [7, 11) is 0. The molecule has 0 saturated heterocycles. The van der Waals surface area contributed by atoms with E-state index >= 15 is 0 Å². The van der Waals surface area contributed by atoms with E-state index in [4.69, 9.17) is 9.97 Å². The Morgan fingerprint density at radius 1 is 0.355 bits per heavy atom. The van der Waals surface area contributed by atoms with Crippen LogP contribution in [-0.2, 0) is 6.54 Å². The zero-order chi connectivity index (χ0) is 50.3. The number of fused-ring (bicyclic) bond motifs is 4. The number of hydrogen-bond donors (Lipinski definition) is 0. The fourth-order valence-electron chi connectivity index (χ4n) is 12.2. The van der Waals surface area contributed by atoms with E-state index in [9.17, 15) is 5.26 Å². The molecule has 1 aliphatic rings. The maximum atomic E-state index is 10.4. The van der Waals surface area contributed by atoms with Gasteiger partial charge in [-0.2, -0.15) is 5.26 Å². The van der Waals surface area contributed by atoms with Gasteiger partial charge in [-0.05, 0) is 135 Å². The Morgan fingerprint density at radius 2 is 0.882 bits per heavy atom. The lowest BCUT2D eigenvalue weighted by Crippen LogP contribution is -2.20. The van der Waals surface area contributed by atoms with Gasteiger partial charge in [0.25, 0.3) is 0 Å². The largest absolute Gasteiger partial charge is 0.336 e. The molecular formula is C72H44N4. The number of hydrogen-bond acceptors (Lipinski definition) is 4. The van der Waals surface area contributed by atoms with Crippen molar-refractivity contribution >= 4 is 76.0 Å². The molecule has 352 valence electrons. The third kappa shape index (κ3) is 6.91. The molecule has 4 nitrogen and oxygen atoms in total. The van der Waals surface area contributed by atoms with Crippen LogP contribution in [0.15, 0.2) is 255 Å². The predicted molar refractivity (Wildman–Crippen MR) is 317 cm³/mol. The molecule has 0 unspecified atom stereocenters. The minimum atomic E-state index is 0.667. The zero-order valence-corrected chi connectivity index (χ0v) is 41.2. The Labute approximate surface area is 439 Å². The van der Waals surface area contributed by atoms with Crippen LogP contribution in [0.25, 0.3) is 132 Å². The highest BCUT2D eigenvalue weighted by molar-refractivity contribution is 6.27. The number of aromatic nitrogens is 2. The molecule has 15 rings (SSSR count). The summed E-state index contributed by atoms with van der Waals surface area (Å²) < 4.78 is 0. The van der Waals surface area contributed by atoms with Gasteiger partial charge in [-0.3, -0.25) is 0 Å². The van der Waals surface area contributed by atoms with Crippen molar-refractivity contribution in [2.45, 2.75) is 6.54 Å². The first kappa shape index (κ1) is 43.4. The fraction of sp³-hybridized carbons (Fsp3) is 0.0139. The maximum Gasteiger partial charge on any atom is 0.160 e. The summed E-state index contributed by atoms with van der Waals surface area (Å²) in [5.74, 6) is 0.667. The quantitative estimate of drug-likeness (QED) is 0.118. The molecule has 1 aliphatic heterocycles. The van der Waals surface area contributed by atoms with Crippen molar-refractivity contribution in [1.29, 1.82) is 5.26 Å². The highest BCUT2D eigenvalue weighted by Gasteiger charge is 2.27. The summed E-state index contributed by atoms with van der Waals surface area (Å²) in [6.45, 7) is 0.715. The second kappa shape index (κ2) is 17.5. The van der Waals surface area contributed by atoms with Crippen LogP contribution in [-0.4, -0.2) is 9.97 Å². The standard InChI is InChI=1S/C72H44N4/c73-43-51-30-31-52-44-76(53-24-8-3-9-25-53)67-39-38-56(60-37-36-57(51)68(52)71(60)67)49-32-34-61-63(40-49)69(58-28-14-22-45-16-10-12-26-54(45)58)62-35-33-50(41-64(62)70(61)59-29-15-23-46-17-11-13-27-55(46)59)72-74-65(47-18-4-1-5-19-47)42-66(75-72)48-20-6-2-7-21-48/h1-42H,44H2. The van der Waals surface area contributed by atoms with Crippen molar-refractivity contribution in [3.63, 3.8) is 0 Å². The van der Waals surface area contributed by atoms with Crippen LogP contribution < -0.4 is 4.90 Å². The number of para-hydroxylation sites is 1. The molecule has 0 fully saturated rings. The molecule has 1 aromatic heterocycles. The summed E-state index contributed by atoms with van der Waals surface area (Å²) in [6, 6.07) is 94.1. The molecule has 0 radical (unpaired) electrons. The van der Waals surface area contributed by atoms with Crippen LogP contribution in [0.3, 0.4) is 0 Å². The minimum Gasteiger partial charge on any atom is -0.336 e. The van der Waals surface area contributed by atoms with Crippen LogP contribution in [0.4, 0.5) is 11.4 Å². The van der Waals surface area contributed by atoms with Crippen molar-refractivity contribution < 1.29 is 0 Å². The molecule has 0 bridgehead atoms. The second-order valence-corrected chi connectivity index (χ2v) is 19.9. The summed E-state index contributed by atoms with van der Waals surface area (Å²) in [4.78, 5) is 13.1. The van der Waals surface area contributed by atoms with Gasteiger partial charge in [0, 0.05) is 45.4 Å². The fourth-order valence-corrected chi connectivity index (χ4v) is 12.2. The Balaban J connectivity index is 1.05. The van der Waals surface area contributed by atoms with Gasteiger partial charge in [-0.15, -0.1) is 0 Å². The SMILES string of the molecule is N#Cc1ccc2c3c1ccc1c(-c4ccc5c(-c6cccc7ccccc67)c6cc(-c7nc(-c8ccccc8)cc(-c8ccccc8)n7)ccc6c(-c6cccc7ccccc67)c5c4)ccc(c13)N(c1ccccc1)C2. The van der Waals surface area contributed by atoms with Crippen molar-refractivity contribution in [2.75, 3.05) is 4.90 Å². The average molecular weight is 965 g/mol. The Bertz CT molecular complexity index is 4660. The molecule has 4 heteroatoms. The van der Waals surface area contributed by atoms with Crippen LogP contribution in [0.2, 0.25) is 0 Å². The predicted octanol–water partition coefficient (Wildman–Crippen LogP) is 18.9. The zero-order valence-electron chi connectivity index (χ0n) is 41.2. The van der Waals surface area contributed by atoms with E-state index in [0.29, 0.717) is 17.9 Å². The van der Waals surface area contributed by atoms with E-state index in [1.54, 1.807) is 0 Å². The lowest BCUT2D eigenvalue weighted by molar-refractivity contribution is 0.982. The number of benzene rings is 13. The van der Waals surface area contributed by atoms with Gasteiger partial charge >= 0.3 is 0 Å². The number of anilines is 2. The highest BCUT2D eigenvalue weighted by Crippen LogP contribution is 2.51. The molecule has 0 saturated carbocycles. The van der Waals surface area contributed by atoms with Gasteiger partial charge < -0.3 is 4.90 Å². The van der Waals surface area contributed by atoms with Crippen LogP contribution in [0, 0.1) is 11.3 Å². The monoisotopic (exact) mass is 964 g/mol. The summed E-state index contributed by atoms with van der Waals surface area (Å²) in [6.07, 6.45) is 0. The van der Waals surface area contributed by atoms with E-state index in [0.717, 1.165) is 99.4 Å². The summed E-state index contributed by atoms with van der Waals surface area (Å²) in [5, 5.41) is 24.2. The molecule has 2 heterocycles. The number of nitrogens with zero attached hydrogens (tertiary/aromatic N) is 4. The molecule has 0 amide bonds. The normalized spacial score (nSPS) is 12.1. The Morgan fingerprint density at radius 3 is 1.50 bits per heavy atom. The van der Waals surface area contributed by atoms with E-state index in [1.165, 1.54) is 43.6 Å². The van der Waals surface area contributed by atoms with Crippen molar-refractivity contribution in [3.05, 3.63) is 266 Å². The van der Waals surface area contributed by atoms with E-state index in [2.05, 4.69) is 248 Å². The lowest BCUT2D eigenvalue weighted by Gasteiger charge is -2.32. The number of rotatable bonds is 7. The summed E-state index contributed by atoms with van der Waals surface area (Å²) in [5.41, 5.74) is 15.9. The number of nitriles is 1. The van der Waals surface area contributed by atoms with Gasteiger partial charge in [0.1, 0.15) is 0 Å². The molecular weight excluding hydrogens is 921 g/mol. The first-order valence-corrected chi connectivity index (χ1v) is 25.9. The van der Waals surface area contributed by atoms with E-state index in [1.807, 2.05) is 18.2 Å². The van der Waals surface area contributed by atoms with Crippen LogP contribution in [0.1, 0.15) is 11.1 Å². The molecule has 0 N–H and O–H groups in total. The minimum absolute atomic E-state index is 0.667. The van der Waals surface area contributed by atoms with Gasteiger partial charge in [-0.25, -0.2) is 9.97 Å². The topological polar surface area (TPSA) is 52.8 Å². The van der Waals surface area contributed by atoms with Crippen molar-refractivity contribution in [3.8, 4) is 73.4 Å². The Kier molecular flexibility index (Phi) is 9.98. The smallest absolute Gasteiger partial charge is 0.160 e. The van der Waals surface area contributed by atoms with E-state index in [-0.39, 0.29) is 0 Å². The molecule has 14 aromatic rings. The molecule has 13 aromatic carbocycles.